The number of hydrogen-bond donors (Lipinski definition) is 2. The number of hydrogen-bond acceptors (Lipinski definition) is 6. The predicted molar refractivity (Wildman–Crippen MR) is 81.9 cm³/mol. The number of nitrogen functional groups attached to an aromatic ring is 1. The van der Waals surface area contributed by atoms with Crippen molar-refractivity contribution in [1.29, 1.82) is 5.26 Å². The van der Waals surface area contributed by atoms with Crippen molar-refractivity contribution in [3.63, 3.8) is 0 Å². The van der Waals surface area contributed by atoms with E-state index in [-0.39, 0.29) is 17.1 Å². The molecule has 2 aliphatic heterocycles. The fourth-order valence-electron chi connectivity index (χ4n) is 3.36. The molecule has 3 heterocycles. The van der Waals surface area contributed by atoms with Crippen LogP contribution in [0.4, 0.5) is 11.8 Å². The van der Waals surface area contributed by atoms with Crippen LogP contribution < -0.4 is 16.0 Å². The highest BCUT2D eigenvalue weighted by atomic mass is 16.1. The lowest BCUT2D eigenvalue weighted by Gasteiger charge is -2.41. The molecule has 0 aromatic carbocycles. The molecule has 116 valence electrons. The van der Waals surface area contributed by atoms with Crippen molar-refractivity contribution in [3.05, 3.63) is 11.8 Å². The zero-order valence-corrected chi connectivity index (χ0v) is 12.5. The lowest BCUT2D eigenvalue weighted by atomic mass is 9.73. The number of carbonyl (C=O) groups is 1. The average Bonchev–Trinajstić information content (AvgIpc) is 2.70. The maximum absolute atomic E-state index is 11.5. The van der Waals surface area contributed by atoms with Crippen molar-refractivity contribution in [2.45, 2.75) is 32.1 Å². The first-order valence-corrected chi connectivity index (χ1v) is 7.66. The molecular formula is C15H20N6O. The molecule has 2 fully saturated rings. The van der Waals surface area contributed by atoms with Crippen LogP contribution in [0.25, 0.3) is 0 Å². The molecule has 0 unspecified atom stereocenters. The van der Waals surface area contributed by atoms with Gasteiger partial charge in [0.25, 0.3) is 0 Å². The molecule has 7 nitrogen and oxygen atoms in total. The number of nitrogens with one attached hydrogen (secondary N) is 1. The second kappa shape index (κ2) is 5.79. The summed E-state index contributed by atoms with van der Waals surface area (Å²) >= 11 is 0. The number of nitrogens with zero attached hydrogens (tertiary/aromatic N) is 4. The third-order valence-electron chi connectivity index (χ3n) is 4.89. The minimum absolute atomic E-state index is 0.169. The Labute approximate surface area is 129 Å². The van der Waals surface area contributed by atoms with Crippen molar-refractivity contribution in [3.8, 4) is 6.07 Å². The molecule has 1 amide bonds. The van der Waals surface area contributed by atoms with E-state index in [1.54, 1.807) is 0 Å². The molecule has 0 radical (unpaired) electrons. The first-order chi connectivity index (χ1) is 10.6. The van der Waals surface area contributed by atoms with Gasteiger partial charge in [0, 0.05) is 26.1 Å². The van der Waals surface area contributed by atoms with Gasteiger partial charge in [-0.2, -0.15) is 10.2 Å². The minimum atomic E-state index is 0.169. The molecule has 0 saturated carbocycles. The first kappa shape index (κ1) is 14.6. The fourth-order valence-corrected chi connectivity index (χ4v) is 3.36. The van der Waals surface area contributed by atoms with Crippen LogP contribution in [0.1, 0.15) is 37.7 Å². The second-order valence-corrected chi connectivity index (χ2v) is 6.17. The molecule has 3 rings (SSSR count). The highest BCUT2D eigenvalue weighted by Crippen LogP contribution is 2.40. The summed E-state index contributed by atoms with van der Waals surface area (Å²) in [5.41, 5.74) is 6.33. The normalized spacial score (nSPS) is 21.0. The Bertz CT molecular complexity index is 615. The maximum atomic E-state index is 11.5. The smallest absolute Gasteiger partial charge is 0.227 e. The summed E-state index contributed by atoms with van der Waals surface area (Å²) in [5, 5.41) is 11.8. The van der Waals surface area contributed by atoms with E-state index in [4.69, 9.17) is 11.0 Å². The van der Waals surface area contributed by atoms with Gasteiger partial charge in [-0.15, -0.1) is 0 Å². The van der Waals surface area contributed by atoms with E-state index < -0.39 is 0 Å². The molecule has 0 bridgehead atoms. The van der Waals surface area contributed by atoms with E-state index in [1.807, 2.05) is 6.07 Å². The van der Waals surface area contributed by atoms with Gasteiger partial charge in [-0.3, -0.25) is 4.79 Å². The number of aromatic nitrogens is 2. The van der Waals surface area contributed by atoms with Crippen molar-refractivity contribution >= 4 is 17.7 Å². The van der Waals surface area contributed by atoms with Crippen LogP contribution in [0.15, 0.2) is 6.20 Å². The SMILES string of the molecule is N#Cc1cnc(N2CCC3(CCNC(=O)CC3)CC2)nc1N. The third kappa shape index (κ3) is 2.82. The highest BCUT2D eigenvalue weighted by molar-refractivity contribution is 5.76. The average molecular weight is 300 g/mol. The number of rotatable bonds is 1. The summed E-state index contributed by atoms with van der Waals surface area (Å²) in [6, 6.07) is 1.98. The molecule has 22 heavy (non-hydrogen) atoms. The van der Waals surface area contributed by atoms with Crippen molar-refractivity contribution in [2.24, 2.45) is 5.41 Å². The Balaban J connectivity index is 1.68. The lowest BCUT2D eigenvalue weighted by Crippen LogP contribution is -2.41. The molecule has 2 aliphatic rings. The van der Waals surface area contributed by atoms with E-state index in [0.29, 0.717) is 17.9 Å². The van der Waals surface area contributed by atoms with Gasteiger partial charge in [0.2, 0.25) is 11.9 Å². The van der Waals surface area contributed by atoms with E-state index in [1.165, 1.54) is 6.20 Å². The molecule has 7 heteroatoms. The van der Waals surface area contributed by atoms with Crippen molar-refractivity contribution < 1.29 is 4.79 Å². The number of carbonyl (C=O) groups excluding carboxylic acids is 1. The number of nitrogens with two attached hydrogens (primary N) is 1. The first-order valence-electron chi connectivity index (χ1n) is 7.66. The quantitative estimate of drug-likeness (QED) is 0.795. The van der Waals surface area contributed by atoms with Gasteiger partial charge in [0.1, 0.15) is 17.5 Å². The monoisotopic (exact) mass is 300 g/mol. The Morgan fingerprint density at radius 1 is 1.32 bits per heavy atom. The molecular weight excluding hydrogens is 280 g/mol. The van der Waals surface area contributed by atoms with Crippen LogP contribution in [0, 0.1) is 16.7 Å². The van der Waals surface area contributed by atoms with E-state index in [0.717, 1.165) is 45.3 Å². The molecule has 1 aromatic rings. The molecule has 1 aromatic heterocycles. The zero-order chi connectivity index (χ0) is 15.6. The molecule has 0 atom stereocenters. The minimum Gasteiger partial charge on any atom is -0.382 e. The summed E-state index contributed by atoms with van der Waals surface area (Å²) < 4.78 is 0. The van der Waals surface area contributed by atoms with Crippen LogP contribution in [0.2, 0.25) is 0 Å². The fraction of sp³-hybridized carbons (Fsp3) is 0.600. The van der Waals surface area contributed by atoms with Gasteiger partial charge in [0.05, 0.1) is 6.20 Å². The summed E-state index contributed by atoms with van der Waals surface area (Å²) in [5.74, 6) is 0.994. The van der Waals surface area contributed by atoms with Gasteiger partial charge < -0.3 is 16.0 Å². The Hall–Kier alpha value is -2.36. The van der Waals surface area contributed by atoms with Crippen LogP contribution in [-0.4, -0.2) is 35.5 Å². The van der Waals surface area contributed by atoms with Gasteiger partial charge in [-0.1, -0.05) is 0 Å². The summed E-state index contributed by atoms with van der Waals surface area (Å²) in [6.45, 7) is 2.50. The largest absolute Gasteiger partial charge is 0.382 e. The standard InChI is InChI=1S/C15H20N6O/c16-9-11-10-19-14(20-13(11)17)21-7-4-15(5-8-21)2-1-12(22)18-6-3-15/h10H,1-8H2,(H,18,22)(H2,17,19,20). The predicted octanol–water partition coefficient (Wildman–Crippen LogP) is 0.817. The Morgan fingerprint density at radius 2 is 2.09 bits per heavy atom. The Morgan fingerprint density at radius 3 is 2.77 bits per heavy atom. The summed E-state index contributed by atoms with van der Waals surface area (Å²) in [7, 11) is 0. The third-order valence-corrected chi connectivity index (χ3v) is 4.89. The Kier molecular flexibility index (Phi) is 3.84. The van der Waals surface area contributed by atoms with Crippen LogP contribution >= 0.6 is 0 Å². The number of anilines is 2. The summed E-state index contributed by atoms with van der Waals surface area (Å²) in [6.07, 6.45) is 6.18. The second-order valence-electron chi connectivity index (χ2n) is 6.17. The molecule has 2 saturated heterocycles. The van der Waals surface area contributed by atoms with Crippen LogP contribution in [-0.2, 0) is 4.79 Å². The highest BCUT2D eigenvalue weighted by Gasteiger charge is 2.36. The van der Waals surface area contributed by atoms with E-state index >= 15 is 0 Å². The topological polar surface area (TPSA) is 108 Å². The molecule has 1 spiro atoms. The zero-order valence-electron chi connectivity index (χ0n) is 12.5. The number of piperidine rings is 1. The molecule has 0 aliphatic carbocycles. The summed E-state index contributed by atoms with van der Waals surface area (Å²) in [4.78, 5) is 22.1. The van der Waals surface area contributed by atoms with Gasteiger partial charge in [-0.05, 0) is 31.1 Å². The van der Waals surface area contributed by atoms with E-state index in [9.17, 15) is 4.79 Å². The van der Waals surface area contributed by atoms with E-state index in [2.05, 4.69) is 20.2 Å². The lowest BCUT2D eigenvalue weighted by molar-refractivity contribution is -0.120. The maximum Gasteiger partial charge on any atom is 0.227 e. The number of amides is 1. The number of nitriles is 1. The van der Waals surface area contributed by atoms with Crippen molar-refractivity contribution in [2.75, 3.05) is 30.3 Å². The molecule has 3 N–H and O–H groups in total. The van der Waals surface area contributed by atoms with Crippen LogP contribution in [0.5, 0.6) is 0 Å². The van der Waals surface area contributed by atoms with Gasteiger partial charge >= 0.3 is 0 Å². The van der Waals surface area contributed by atoms with Gasteiger partial charge in [-0.25, -0.2) is 4.98 Å². The van der Waals surface area contributed by atoms with Gasteiger partial charge in [0.15, 0.2) is 0 Å². The van der Waals surface area contributed by atoms with Crippen LogP contribution in [0.3, 0.4) is 0 Å². The van der Waals surface area contributed by atoms with Crippen molar-refractivity contribution in [1.82, 2.24) is 15.3 Å².